The van der Waals surface area contributed by atoms with Gasteiger partial charge in [0.2, 0.25) is 0 Å². The van der Waals surface area contributed by atoms with Gasteiger partial charge in [-0.3, -0.25) is 14.9 Å². The van der Waals surface area contributed by atoms with Crippen LogP contribution in [0.3, 0.4) is 0 Å². The number of hydrogen-bond acceptors (Lipinski definition) is 4. The summed E-state index contributed by atoms with van der Waals surface area (Å²) in [5.74, 6) is -0.226. The number of amides is 1. The first-order chi connectivity index (χ1) is 11.9. The number of nitrogens with one attached hydrogen (secondary N) is 1. The van der Waals surface area contributed by atoms with E-state index in [0.29, 0.717) is 0 Å². The molecule has 0 aliphatic rings. The van der Waals surface area contributed by atoms with Crippen LogP contribution in [0.5, 0.6) is 5.75 Å². The summed E-state index contributed by atoms with van der Waals surface area (Å²) < 4.78 is 5.36. The molecule has 0 saturated heterocycles. The summed E-state index contributed by atoms with van der Waals surface area (Å²) in [6, 6.07) is 12.5. The Balaban J connectivity index is 2.00. The van der Waals surface area contributed by atoms with E-state index >= 15 is 0 Å². The Morgan fingerprint density at radius 3 is 2.40 bits per heavy atom. The first kappa shape index (κ1) is 18.4. The molecule has 0 bridgehead atoms. The Bertz CT molecular complexity index is 757. The first-order valence-corrected chi connectivity index (χ1v) is 8.14. The average Bonchev–Trinajstić information content (AvgIpc) is 2.59. The third-order valence-corrected chi connectivity index (χ3v) is 3.89. The van der Waals surface area contributed by atoms with E-state index in [1.165, 1.54) is 12.1 Å². The van der Waals surface area contributed by atoms with Gasteiger partial charge in [-0.05, 0) is 37.5 Å². The SMILES string of the molecule is CC[C@@H](NC(=O)COc1ccc(C)cc1[N+](=O)[O-])c1ccc(C)cc1. The standard InChI is InChI=1S/C19H22N2O4/c1-4-16(15-8-5-13(2)6-9-15)20-19(22)12-25-18-10-7-14(3)11-17(18)21(23)24/h5-11,16H,4,12H2,1-3H3,(H,20,22)/t16-/m1/s1. The highest BCUT2D eigenvalue weighted by Gasteiger charge is 2.18. The van der Waals surface area contributed by atoms with Gasteiger partial charge in [0, 0.05) is 6.07 Å². The summed E-state index contributed by atoms with van der Waals surface area (Å²) in [4.78, 5) is 22.7. The topological polar surface area (TPSA) is 81.5 Å². The molecule has 1 N–H and O–H groups in total. The van der Waals surface area contributed by atoms with Crippen molar-refractivity contribution in [3.05, 3.63) is 69.3 Å². The second-order valence-corrected chi connectivity index (χ2v) is 5.96. The van der Waals surface area contributed by atoms with Crippen LogP contribution in [0.2, 0.25) is 0 Å². The molecule has 0 heterocycles. The van der Waals surface area contributed by atoms with Gasteiger partial charge in [0.05, 0.1) is 11.0 Å². The van der Waals surface area contributed by atoms with Crippen molar-refractivity contribution in [2.75, 3.05) is 6.61 Å². The summed E-state index contributed by atoms with van der Waals surface area (Å²) >= 11 is 0. The van der Waals surface area contributed by atoms with E-state index in [4.69, 9.17) is 4.74 Å². The number of benzene rings is 2. The van der Waals surface area contributed by atoms with Crippen molar-refractivity contribution in [2.45, 2.75) is 33.2 Å². The van der Waals surface area contributed by atoms with Crippen molar-refractivity contribution in [3.63, 3.8) is 0 Å². The molecule has 2 rings (SSSR count). The normalized spacial score (nSPS) is 11.6. The predicted octanol–water partition coefficient (Wildman–Crippen LogP) is 3.86. The maximum Gasteiger partial charge on any atom is 0.311 e. The van der Waals surface area contributed by atoms with Crippen LogP contribution in [0.4, 0.5) is 5.69 Å². The minimum Gasteiger partial charge on any atom is -0.477 e. The van der Waals surface area contributed by atoms with Crippen LogP contribution in [0.25, 0.3) is 0 Å². The number of nitrogens with zero attached hydrogens (tertiary/aromatic N) is 1. The van der Waals surface area contributed by atoms with Crippen LogP contribution in [0.1, 0.15) is 36.1 Å². The Morgan fingerprint density at radius 2 is 1.80 bits per heavy atom. The molecule has 25 heavy (non-hydrogen) atoms. The van der Waals surface area contributed by atoms with Gasteiger partial charge in [0.15, 0.2) is 12.4 Å². The van der Waals surface area contributed by atoms with E-state index in [1.807, 2.05) is 38.1 Å². The number of aryl methyl sites for hydroxylation is 2. The number of carbonyl (C=O) groups excluding carboxylic acids is 1. The molecule has 6 nitrogen and oxygen atoms in total. The molecule has 0 spiro atoms. The molecule has 0 fully saturated rings. The van der Waals surface area contributed by atoms with Crippen LogP contribution >= 0.6 is 0 Å². The molecule has 0 aliphatic carbocycles. The molecule has 0 unspecified atom stereocenters. The summed E-state index contributed by atoms with van der Waals surface area (Å²) in [5, 5.41) is 14.0. The molecule has 0 radical (unpaired) electrons. The lowest BCUT2D eigenvalue weighted by atomic mass is 10.0. The monoisotopic (exact) mass is 342 g/mol. The zero-order chi connectivity index (χ0) is 18.4. The van der Waals surface area contributed by atoms with Crippen molar-refractivity contribution in [2.24, 2.45) is 0 Å². The Hall–Kier alpha value is -2.89. The van der Waals surface area contributed by atoms with Gasteiger partial charge in [-0.15, -0.1) is 0 Å². The first-order valence-electron chi connectivity index (χ1n) is 8.14. The second kappa shape index (κ2) is 8.28. The van der Waals surface area contributed by atoms with E-state index < -0.39 is 4.92 Å². The van der Waals surface area contributed by atoms with E-state index in [2.05, 4.69) is 5.32 Å². The van der Waals surface area contributed by atoms with Crippen LogP contribution < -0.4 is 10.1 Å². The van der Waals surface area contributed by atoms with E-state index in [-0.39, 0.29) is 30.0 Å². The number of ether oxygens (including phenoxy) is 1. The largest absolute Gasteiger partial charge is 0.477 e. The minimum atomic E-state index is -0.513. The maximum atomic E-state index is 12.2. The molecule has 6 heteroatoms. The third-order valence-electron chi connectivity index (χ3n) is 3.89. The highest BCUT2D eigenvalue weighted by molar-refractivity contribution is 5.78. The van der Waals surface area contributed by atoms with Crippen molar-refractivity contribution in [3.8, 4) is 5.75 Å². The zero-order valence-electron chi connectivity index (χ0n) is 14.6. The van der Waals surface area contributed by atoms with Gasteiger partial charge in [0.25, 0.3) is 5.91 Å². The summed E-state index contributed by atoms with van der Waals surface area (Å²) in [6.07, 6.45) is 0.736. The number of rotatable bonds is 7. The second-order valence-electron chi connectivity index (χ2n) is 5.96. The van der Waals surface area contributed by atoms with Crippen molar-refractivity contribution in [1.82, 2.24) is 5.32 Å². The van der Waals surface area contributed by atoms with Gasteiger partial charge >= 0.3 is 5.69 Å². The van der Waals surface area contributed by atoms with Gasteiger partial charge in [0.1, 0.15) is 0 Å². The summed E-state index contributed by atoms with van der Waals surface area (Å²) in [6.45, 7) is 5.48. The lowest BCUT2D eigenvalue weighted by Gasteiger charge is -2.18. The van der Waals surface area contributed by atoms with Gasteiger partial charge in [-0.2, -0.15) is 0 Å². The summed E-state index contributed by atoms with van der Waals surface area (Å²) in [7, 11) is 0. The van der Waals surface area contributed by atoms with Crippen molar-refractivity contribution in [1.29, 1.82) is 0 Å². The molecule has 2 aromatic carbocycles. The molecule has 0 saturated carbocycles. The number of nitro benzene ring substituents is 1. The van der Waals surface area contributed by atoms with E-state index in [9.17, 15) is 14.9 Å². The molecular weight excluding hydrogens is 320 g/mol. The number of hydrogen-bond donors (Lipinski definition) is 1. The van der Waals surface area contributed by atoms with Crippen LogP contribution in [-0.2, 0) is 4.79 Å². The number of nitro groups is 1. The Labute approximate surface area is 147 Å². The smallest absolute Gasteiger partial charge is 0.311 e. The zero-order valence-corrected chi connectivity index (χ0v) is 14.6. The molecule has 1 amide bonds. The van der Waals surface area contributed by atoms with Crippen LogP contribution in [0, 0.1) is 24.0 Å². The van der Waals surface area contributed by atoms with Crippen LogP contribution in [0.15, 0.2) is 42.5 Å². The van der Waals surface area contributed by atoms with Crippen molar-refractivity contribution >= 4 is 11.6 Å². The van der Waals surface area contributed by atoms with E-state index in [0.717, 1.165) is 23.1 Å². The van der Waals surface area contributed by atoms with Gasteiger partial charge < -0.3 is 10.1 Å². The average molecular weight is 342 g/mol. The lowest BCUT2D eigenvalue weighted by Crippen LogP contribution is -2.32. The minimum absolute atomic E-state index is 0.0918. The fourth-order valence-electron chi connectivity index (χ4n) is 2.49. The lowest BCUT2D eigenvalue weighted by molar-refractivity contribution is -0.385. The fraction of sp³-hybridized carbons (Fsp3) is 0.316. The quantitative estimate of drug-likeness (QED) is 0.612. The molecule has 0 aliphatic heterocycles. The number of carbonyl (C=O) groups is 1. The Kier molecular flexibility index (Phi) is 6.11. The van der Waals surface area contributed by atoms with Gasteiger partial charge in [-0.1, -0.05) is 42.8 Å². The van der Waals surface area contributed by atoms with E-state index in [1.54, 1.807) is 13.0 Å². The third kappa shape index (κ3) is 5.04. The maximum absolute atomic E-state index is 12.2. The summed E-state index contributed by atoms with van der Waals surface area (Å²) in [5.41, 5.74) is 2.79. The highest BCUT2D eigenvalue weighted by atomic mass is 16.6. The molecular formula is C19H22N2O4. The molecule has 1 atom stereocenters. The molecule has 2 aromatic rings. The molecule has 132 valence electrons. The van der Waals surface area contributed by atoms with Gasteiger partial charge in [-0.25, -0.2) is 0 Å². The van der Waals surface area contributed by atoms with Crippen molar-refractivity contribution < 1.29 is 14.5 Å². The van der Waals surface area contributed by atoms with Crippen LogP contribution in [-0.4, -0.2) is 17.4 Å². The highest BCUT2D eigenvalue weighted by Crippen LogP contribution is 2.27. The fourth-order valence-corrected chi connectivity index (χ4v) is 2.49. The molecule has 0 aromatic heterocycles. The predicted molar refractivity (Wildman–Crippen MR) is 95.7 cm³/mol. The Morgan fingerprint density at radius 1 is 1.16 bits per heavy atom.